The Morgan fingerprint density at radius 3 is 2.78 bits per heavy atom. The minimum absolute atomic E-state index is 0.121. The van der Waals surface area contributed by atoms with E-state index in [2.05, 4.69) is 11.0 Å². The highest BCUT2D eigenvalue weighted by Gasteiger charge is 2.74. The van der Waals surface area contributed by atoms with Gasteiger partial charge < -0.3 is 14.4 Å². The second-order valence-electron chi connectivity index (χ2n) is 9.29. The molecule has 32 heavy (non-hydrogen) atoms. The minimum atomic E-state index is -0.282. The van der Waals surface area contributed by atoms with Gasteiger partial charge in [-0.05, 0) is 85.2 Å². The number of epoxide rings is 1. The maximum Gasteiger partial charge on any atom is 0.338 e. The van der Waals surface area contributed by atoms with E-state index in [1.54, 1.807) is 0 Å². The highest BCUT2D eigenvalue weighted by molar-refractivity contribution is 5.91. The molecule has 5 heteroatoms. The molecule has 1 saturated heterocycles. The highest BCUT2D eigenvalue weighted by atomic mass is 19.1. The standard InChI is InChI=1S/C27H26FNO3/c1-31-25(30)23-5-3-2-4-18(23)10-13-26-14-11-20-16-24-19(17-27(20,26)32-26)12-15-29(24)22-8-6-21(28)7-9-22/h2-9,16H,10-15,17H2,1H3/t26-,27?/m0/s1. The maximum absolute atomic E-state index is 13.4. The van der Waals surface area contributed by atoms with Crippen molar-refractivity contribution in [1.29, 1.82) is 0 Å². The van der Waals surface area contributed by atoms with E-state index in [-0.39, 0.29) is 23.0 Å². The normalized spacial score (nSPS) is 27.6. The van der Waals surface area contributed by atoms with E-state index >= 15 is 0 Å². The first kappa shape index (κ1) is 19.7. The van der Waals surface area contributed by atoms with Gasteiger partial charge >= 0.3 is 5.97 Å². The summed E-state index contributed by atoms with van der Waals surface area (Å²) in [4.78, 5) is 14.5. The van der Waals surface area contributed by atoms with Crippen molar-refractivity contribution in [1.82, 2.24) is 0 Å². The summed E-state index contributed by atoms with van der Waals surface area (Å²) in [5.41, 5.74) is 6.55. The summed E-state index contributed by atoms with van der Waals surface area (Å²) in [6.07, 6.45) is 8.08. The Balaban J connectivity index is 1.22. The number of hydrogen-bond donors (Lipinski definition) is 0. The zero-order valence-corrected chi connectivity index (χ0v) is 18.2. The van der Waals surface area contributed by atoms with E-state index in [0.29, 0.717) is 5.56 Å². The Labute approximate surface area is 187 Å². The number of nitrogens with zero attached hydrogens (tertiary/aromatic N) is 1. The minimum Gasteiger partial charge on any atom is -0.465 e. The van der Waals surface area contributed by atoms with Crippen LogP contribution in [0.3, 0.4) is 0 Å². The van der Waals surface area contributed by atoms with Crippen molar-refractivity contribution in [3.05, 3.63) is 88.4 Å². The summed E-state index contributed by atoms with van der Waals surface area (Å²) in [5.74, 6) is -0.486. The van der Waals surface area contributed by atoms with E-state index in [0.717, 1.165) is 56.3 Å². The average molecular weight is 432 g/mol. The van der Waals surface area contributed by atoms with Gasteiger partial charge in [0.2, 0.25) is 0 Å². The third-order valence-corrected chi connectivity index (χ3v) is 7.80. The lowest BCUT2D eigenvalue weighted by Crippen LogP contribution is -2.26. The molecule has 1 saturated carbocycles. The Morgan fingerprint density at radius 2 is 1.97 bits per heavy atom. The van der Waals surface area contributed by atoms with Crippen molar-refractivity contribution in [2.24, 2.45) is 0 Å². The molecule has 2 aliphatic heterocycles. The number of allylic oxidation sites excluding steroid dienone is 1. The van der Waals surface area contributed by atoms with Crippen LogP contribution in [0.4, 0.5) is 10.1 Å². The Hall–Kier alpha value is -2.92. The largest absolute Gasteiger partial charge is 0.465 e. The quantitative estimate of drug-likeness (QED) is 0.473. The number of halogens is 1. The molecular formula is C27H26FNO3. The Kier molecular flexibility index (Phi) is 4.34. The summed E-state index contributed by atoms with van der Waals surface area (Å²) in [5, 5.41) is 0. The van der Waals surface area contributed by atoms with Crippen molar-refractivity contribution < 1.29 is 18.7 Å². The third-order valence-electron chi connectivity index (χ3n) is 7.80. The monoisotopic (exact) mass is 431 g/mol. The molecule has 0 radical (unpaired) electrons. The summed E-state index contributed by atoms with van der Waals surface area (Å²) in [7, 11) is 1.43. The number of hydrogen-bond acceptors (Lipinski definition) is 4. The maximum atomic E-state index is 13.4. The first-order chi connectivity index (χ1) is 15.6. The van der Waals surface area contributed by atoms with Crippen LogP contribution in [0, 0.1) is 5.82 Å². The number of carbonyl (C=O) groups is 1. The van der Waals surface area contributed by atoms with Crippen molar-refractivity contribution in [2.45, 2.75) is 49.7 Å². The third kappa shape index (κ3) is 2.80. The first-order valence-electron chi connectivity index (χ1n) is 11.4. The van der Waals surface area contributed by atoms with E-state index in [9.17, 15) is 9.18 Å². The highest BCUT2D eigenvalue weighted by Crippen LogP contribution is 2.69. The van der Waals surface area contributed by atoms with E-state index < -0.39 is 0 Å². The number of esters is 1. The molecule has 0 aromatic heterocycles. The summed E-state index contributed by atoms with van der Waals surface area (Å²) in [6, 6.07) is 14.5. The zero-order chi connectivity index (χ0) is 21.9. The molecule has 2 aromatic rings. The van der Waals surface area contributed by atoms with E-state index in [1.807, 2.05) is 36.4 Å². The molecule has 2 aromatic carbocycles. The second-order valence-corrected chi connectivity index (χ2v) is 9.29. The van der Waals surface area contributed by atoms with Crippen molar-refractivity contribution >= 4 is 11.7 Å². The number of aryl methyl sites for hydroxylation is 1. The second kappa shape index (κ2) is 7.04. The number of ether oxygens (including phenoxy) is 2. The smallest absolute Gasteiger partial charge is 0.338 e. The van der Waals surface area contributed by atoms with Gasteiger partial charge in [-0.2, -0.15) is 0 Å². The lowest BCUT2D eigenvalue weighted by Gasteiger charge is -2.26. The van der Waals surface area contributed by atoms with Gasteiger partial charge in [-0.3, -0.25) is 0 Å². The number of anilines is 1. The molecule has 6 rings (SSSR count). The van der Waals surface area contributed by atoms with Crippen molar-refractivity contribution in [3.8, 4) is 0 Å². The van der Waals surface area contributed by atoms with Gasteiger partial charge in [-0.25, -0.2) is 9.18 Å². The van der Waals surface area contributed by atoms with Crippen LogP contribution < -0.4 is 4.90 Å². The first-order valence-corrected chi connectivity index (χ1v) is 11.4. The molecule has 2 atom stereocenters. The fourth-order valence-corrected chi connectivity index (χ4v) is 6.12. The fraction of sp³-hybridized carbons (Fsp3) is 0.370. The predicted molar refractivity (Wildman–Crippen MR) is 120 cm³/mol. The summed E-state index contributed by atoms with van der Waals surface area (Å²) < 4.78 is 24.9. The van der Waals surface area contributed by atoms with Crippen LogP contribution >= 0.6 is 0 Å². The number of rotatable bonds is 5. The van der Waals surface area contributed by atoms with Crippen LogP contribution in [0.15, 0.2) is 71.5 Å². The molecule has 1 unspecified atom stereocenters. The average Bonchev–Trinajstić information content (AvgIpc) is 3.09. The molecule has 2 aliphatic carbocycles. The van der Waals surface area contributed by atoms with E-state index in [4.69, 9.17) is 9.47 Å². The molecule has 4 aliphatic rings. The van der Waals surface area contributed by atoms with Crippen LogP contribution in [-0.4, -0.2) is 30.8 Å². The summed E-state index contributed by atoms with van der Waals surface area (Å²) >= 11 is 0. The number of methoxy groups -OCH3 is 1. The van der Waals surface area contributed by atoms with Gasteiger partial charge in [0, 0.05) is 24.4 Å². The molecular weight excluding hydrogens is 405 g/mol. The molecule has 4 nitrogen and oxygen atoms in total. The Bertz CT molecular complexity index is 1170. The summed E-state index contributed by atoms with van der Waals surface area (Å²) in [6.45, 7) is 0.926. The predicted octanol–water partition coefficient (Wildman–Crippen LogP) is 5.34. The molecule has 2 heterocycles. The van der Waals surface area contributed by atoms with Crippen LogP contribution in [-0.2, 0) is 15.9 Å². The van der Waals surface area contributed by atoms with Gasteiger partial charge in [0.05, 0.1) is 12.7 Å². The van der Waals surface area contributed by atoms with Crippen LogP contribution in [0.25, 0.3) is 0 Å². The SMILES string of the molecule is COC(=O)c1ccccc1CC[C@]12CCC3=CC4=C(CCN4c4ccc(F)cc4)CC31O2. The molecule has 0 bridgehead atoms. The van der Waals surface area contributed by atoms with Crippen LogP contribution in [0.5, 0.6) is 0 Å². The lowest BCUT2D eigenvalue weighted by molar-refractivity contribution is 0.0599. The molecule has 2 fully saturated rings. The zero-order valence-electron chi connectivity index (χ0n) is 18.2. The van der Waals surface area contributed by atoms with Gasteiger partial charge in [0.1, 0.15) is 17.0 Å². The van der Waals surface area contributed by atoms with Gasteiger partial charge in [0.25, 0.3) is 0 Å². The molecule has 0 N–H and O–H groups in total. The topological polar surface area (TPSA) is 42.1 Å². The van der Waals surface area contributed by atoms with Crippen LogP contribution in [0.2, 0.25) is 0 Å². The van der Waals surface area contributed by atoms with Gasteiger partial charge in [-0.15, -0.1) is 0 Å². The molecule has 0 amide bonds. The van der Waals surface area contributed by atoms with Gasteiger partial charge in [0.15, 0.2) is 0 Å². The van der Waals surface area contributed by atoms with Crippen molar-refractivity contribution in [2.75, 3.05) is 18.6 Å². The fourth-order valence-electron chi connectivity index (χ4n) is 6.12. The van der Waals surface area contributed by atoms with Crippen LogP contribution in [0.1, 0.15) is 48.0 Å². The molecule has 1 spiro atoms. The number of benzene rings is 2. The number of carbonyl (C=O) groups excluding carboxylic acids is 1. The van der Waals surface area contributed by atoms with E-state index in [1.165, 1.54) is 36.1 Å². The molecule has 164 valence electrons. The Morgan fingerprint density at radius 1 is 1.16 bits per heavy atom. The lowest BCUT2D eigenvalue weighted by atomic mass is 9.80. The van der Waals surface area contributed by atoms with Gasteiger partial charge in [-0.1, -0.05) is 18.2 Å². The van der Waals surface area contributed by atoms with Crippen molar-refractivity contribution in [3.63, 3.8) is 0 Å².